The molecule has 0 bridgehead atoms. The molecule has 7 rings (SSSR count). The van der Waals surface area contributed by atoms with E-state index in [2.05, 4.69) is 135 Å². The van der Waals surface area contributed by atoms with Crippen molar-refractivity contribution in [2.24, 2.45) is 0 Å². The standard InChI is InChI=1S/C39H28O/c1-3-13-31-29(4-2)37(28-24-22-27(23-25-28)26-14-6-5-7-15-26)32-17-8-9-18-33(32)38(31)35-20-12-19-34-30-16-10-11-21-36(30)40-39(34)35/h3-25H,1H2,2H3/b29-4+,31-13+. The summed E-state index contributed by atoms with van der Waals surface area (Å²) in [6, 6.07) is 42.9. The average Bonchev–Trinajstić information content (AvgIpc) is 3.40. The van der Waals surface area contributed by atoms with E-state index in [1.165, 1.54) is 38.2 Å². The maximum Gasteiger partial charge on any atom is 0.143 e. The third-order valence-electron chi connectivity index (χ3n) is 7.82. The van der Waals surface area contributed by atoms with Crippen molar-refractivity contribution in [1.82, 2.24) is 0 Å². The highest BCUT2D eigenvalue weighted by atomic mass is 16.3. The van der Waals surface area contributed by atoms with Crippen LogP contribution in [-0.2, 0) is 0 Å². The van der Waals surface area contributed by atoms with Crippen LogP contribution >= 0.6 is 0 Å². The maximum absolute atomic E-state index is 6.51. The molecule has 190 valence electrons. The Morgan fingerprint density at radius 3 is 1.85 bits per heavy atom. The number of benzene rings is 6. The number of furan rings is 1. The fourth-order valence-corrected chi connectivity index (χ4v) is 6.07. The van der Waals surface area contributed by atoms with Crippen molar-refractivity contribution in [3.05, 3.63) is 144 Å². The topological polar surface area (TPSA) is 13.1 Å². The first-order valence-electron chi connectivity index (χ1n) is 13.7. The molecule has 0 aliphatic carbocycles. The Hall–Kier alpha value is -5.14. The lowest BCUT2D eigenvalue weighted by molar-refractivity contribution is 0.670. The highest BCUT2D eigenvalue weighted by molar-refractivity contribution is 6.14. The van der Waals surface area contributed by atoms with E-state index < -0.39 is 0 Å². The van der Waals surface area contributed by atoms with E-state index in [0.717, 1.165) is 38.3 Å². The highest BCUT2D eigenvalue weighted by Gasteiger charge is 2.18. The number of para-hydroxylation sites is 2. The molecule has 0 amide bonds. The van der Waals surface area contributed by atoms with Crippen molar-refractivity contribution < 1.29 is 4.42 Å². The molecule has 7 aromatic rings. The van der Waals surface area contributed by atoms with Gasteiger partial charge in [-0.15, -0.1) is 0 Å². The number of hydrogen-bond acceptors (Lipinski definition) is 1. The monoisotopic (exact) mass is 512 g/mol. The minimum atomic E-state index is 0.904. The average molecular weight is 513 g/mol. The quantitative estimate of drug-likeness (QED) is 0.229. The van der Waals surface area contributed by atoms with Gasteiger partial charge in [-0.2, -0.15) is 0 Å². The fraction of sp³-hybridized carbons (Fsp3) is 0.0256. The lowest BCUT2D eigenvalue weighted by Gasteiger charge is -2.16. The number of hydrogen-bond donors (Lipinski definition) is 0. The van der Waals surface area contributed by atoms with E-state index in [0.29, 0.717) is 0 Å². The van der Waals surface area contributed by atoms with Gasteiger partial charge in [-0.25, -0.2) is 0 Å². The Kier molecular flexibility index (Phi) is 5.91. The summed E-state index contributed by atoms with van der Waals surface area (Å²) in [5, 5.41) is 7.00. The predicted octanol–water partition coefficient (Wildman–Crippen LogP) is 9.51. The Bertz CT molecular complexity index is 2160. The molecule has 0 spiro atoms. The lowest BCUT2D eigenvalue weighted by Crippen LogP contribution is -2.29. The van der Waals surface area contributed by atoms with Gasteiger partial charge in [0.2, 0.25) is 0 Å². The summed E-state index contributed by atoms with van der Waals surface area (Å²) in [4.78, 5) is 0. The normalized spacial score (nSPS) is 12.5. The van der Waals surface area contributed by atoms with Crippen molar-refractivity contribution in [3.63, 3.8) is 0 Å². The fourth-order valence-electron chi connectivity index (χ4n) is 6.07. The van der Waals surface area contributed by atoms with Gasteiger partial charge < -0.3 is 4.42 Å². The van der Waals surface area contributed by atoms with E-state index in [1.807, 2.05) is 18.2 Å². The molecule has 1 heteroatoms. The maximum atomic E-state index is 6.51. The third-order valence-corrected chi connectivity index (χ3v) is 7.82. The van der Waals surface area contributed by atoms with Gasteiger partial charge in [0.1, 0.15) is 11.2 Å². The van der Waals surface area contributed by atoms with Crippen LogP contribution in [0.15, 0.2) is 138 Å². The van der Waals surface area contributed by atoms with Crippen molar-refractivity contribution in [2.75, 3.05) is 0 Å². The molecule has 1 aromatic heterocycles. The molecule has 40 heavy (non-hydrogen) atoms. The van der Waals surface area contributed by atoms with Crippen LogP contribution in [0, 0.1) is 0 Å². The van der Waals surface area contributed by atoms with E-state index >= 15 is 0 Å². The Labute approximate surface area is 233 Å². The van der Waals surface area contributed by atoms with E-state index in [-0.39, 0.29) is 0 Å². The van der Waals surface area contributed by atoms with Crippen molar-refractivity contribution in [1.29, 1.82) is 0 Å². The van der Waals surface area contributed by atoms with Crippen molar-refractivity contribution in [2.45, 2.75) is 6.92 Å². The first-order valence-corrected chi connectivity index (χ1v) is 13.7. The molecule has 1 nitrogen and oxygen atoms in total. The molecule has 1 heterocycles. The van der Waals surface area contributed by atoms with Gasteiger partial charge in [0.05, 0.1) is 0 Å². The van der Waals surface area contributed by atoms with Gasteiger partial charge in [0.15, 0.2) is 0 Å². The molecular weight excluding hydrogens is 484 g/mol. The summed E-state index contributed by atoms with van der Waals surface area (Å²) in [5.41, 5.74) is 8.92. The molecular formula is C39H28O. The zero-order valence-corrected chi connectivity index (χ0v) is 22.4. The minimum Gasteiger partial charge on any atom is -0.455 e. The first kappa shape index (κ1) is 23.9. The zero-order chi connectivity index (χ0) is 27.1. The first-order chi connectivity index (χ1) is 19.8. The van der Waals surface area contributed by atoms with Crippen LogP contribution in [0.5, 0.6) is 0 Å². The van der Waals surface area contributed by atoms with Crippen LogP contribution in [0.2, 0.25) is 0 Å². The van der Waals surface area contributed by atoms with Gasteiger partial charge in [-0.1, -0.05) is 140 Å². The highest BCUT2D eigenvalue weighted by Crippen LogP contribution is 2.38. The van der Waals surface area contributed by atoms with Crippen LogP contribution in [0.1, 0.15) is 6.92 Å². The Balaban J connectivity index is 1.57. The van der Waals surface area contributed by atoms with Gasteiger partial charge in [-0.05, 0) is 56.5 Å². The van der Waals surface area contributed by atoms with Crippen LogP contribution < -0.4 is 10.4 Å². The second kappa shape index (κ2) is 9.87. The minimum absolute atomic E-state index is 0.904. The summed E-state index contributed by atoms with van der Waals surface area (Å²) in [7, 11) is 0. The van der Waals surface area contributed by atoms with Gasteiger partial charge in [-0.3, -0.25) is 0 Å². The number of allylic oxidation sites excluding steroid dienone is 1. The van der Waals surface area contributed by atoms with Crippen molar-refractivity contribution in [3.8, 4) is 33.4 Å². The van der Waals surface area contributed by atoms with Crippen LogP contribution in [0.25, 0.3) is 78.2 Å². The molecule has 0 unspecified atom stereocenters. The molecule has 0 saturated carbocycles. The number of fused-ring (bicyclic) bond motifs is 4. The molecule has 0 atom stereocenters. The van der Waals surface area contributed by atoms with Crippen LogP contribution in [0.3, 0.4) is 0 Å². The molecule has 6 aromatic carbocycles. The third kappa shape index (κ3) is 3.79. The van der Waals surface area contributed by atoms with Crippen LogP contribution in [-0.4, -0.2) is 0 Å². The van der Waals surface area contributed by atoms with E-state index in [1.54, 1.807) is 0 Å². The Morgan fingerprint density at radius 1 is 0.525 bits per heavy atom. The Morgan fingerprint density at radius 2 is 1.12 bits per heavy atom. The van der Waals surface area contributed by atoms with Gasteiger partial charge in [0, 0.05) is 21.9 Å². The van der Waals surface area contributed by atoms with E-state index in [9.17, 15) is 0 Å². The summed E-state index contributed by atoms with van der Waals surface area (Å²) >= 11 is 0. The second-order valence-electron chi connectivity index (χ2n) is 10.0. The summed E-state index contributed by atoms with van der Waals surface area (Å²) in [6.07, 6.45) is 6.26. The van der Waals surface area contributed by atoms with Crippen molar-refractivity contribution >= 4 is 44.9 Å². The number of rotatable bonds is 4. The second-order valence-corrected chi connectivity index (χ2v) is 10.0. The van der Waals surface area contributed by atoms with Gasteiger partial charge >= 0.3 is 0 Å². The molecule has 0 N–H and O–H groups in total. The molecule has 0 aliphatic heterocycles. The predicted molar refractivity (Wildman–Crippen MR) is 172 cm³/mol. The molecule has 0 aliphatic rings. The van der Waals surface area contributed by atoms with Crippen LogP contribution in [0.4, 0.5) is 0 Å². The summed E-state index contributed by atoms with van der Waals surface area (Å²) < 4.78 is 6.51. The smallest absolute Gasteiger partial charge is 0.143 e. The zero-order valence-electron chi connectivity index (χ0n) is 22.4. The van der Waals surface area contributed by atoms with Gasteiger partial charge in [0.25, 0.3) is 0 Å². The molecule has 0 fully saturated rings. The largest absolute Gasteiger partial charge is 0.455 e. The molecule has 0 saturated heterocycles. The SMILES string of the molecule is C=C/C=c1/c(-c2cccc3c2oc2ccccc23)c2ccccc2c(-c2ccc(-c3ccccc3)cc2)/c1=C/C. The van der Waals surface area contributed by atoms with E-state index in [4.69, 9.17) is 4.42 Å². The molecule has 0 radical (unpaired) electrons. The summed E-state index contributed by atoms with van der Waals surface area (Å²) in [6.45, 7) is 6.22. The summed E-state index contributed by atoms with van der Waals surface area (Å²) in [5.74, 6) is 0. The lowest BCUT2D eigenvalue weighted by atomic mass is 9.87.